The lowest BCUT2D eigenvalue weighted by atomic mass is 9.90. The second kappa shape index (κ2) is 9.39. The normalized spacial score (nSPS) is 30.6. The van der Waals surface area contributed by atoms with Crippen LogP contribution in [0.5, 0.6) is 0 Å². The first-order valence-electron chi connectivity index (χ1n) is 9.10. The molecule has 0 radical (unpaired) electrons. The van der Waals surface area contributed by atoms with Crippen molar-refractivity contribution in [3.63, 3.8) is 0 Å². The van der Waals surface area contributed by atoms with E-state index in [2.05, 4.69) is 0 Å². The molecule has 6 unspecified atom stereocenters. The summed E-state index contributed by atoms with van der Waals surface area (Å²) in [6.45, 7) is 4.93. The molecule has 0 N–H and O–H groups in total. The van der Waals surface area contributed by atoms with Crippen molar-refractivity contribution in [3.05, 3.63) is 0 Å². The van der Waals surface area contributed by atoms with E-state index in [4.69, 9.17) is 33.2 Å². The van der Waals surface area contributed by atoms with Crippen molar-refractivity contribution in [2.75, 3.05) is 13.2 Å². The standard InChI is InChI=1S/C18H24O12/c1-8(19)24-7-14(26-9(2)20)18-17(29-12(5)23)16(28-11(4)22)15(27-10(3)21)13(30-18)6-25-18/h13-17H,6-7H2,1-5H3. The first-order chi connectivity index (χ1) is 14.0. The molecule has 0 aromatic rings. The van der Waals surface area contributed by atoms with Gasteiger partial charge in [-0.05, 0) is 0 Å². The van der Waals surface area contributed by atoms with E-state index in [0.29, 0.717) is 0 Å². The lowest BCUT2D eigenvalue weighted by Crippen LogP contribution is -2.68. The van der Waals surface area contributed by atoms with Gasteiger partial charge in [0.2, 0.25) is 0 Å². The molecule has 0 aromatic carbocycles. The van der Waals surface area contributed by atoms with Crippen LogP contribution in [-0.2, 0) is 57.1 Å². The minimum atomic E-state index is -1.98. The van der Waals surface area contributed by atoms with Crippen LogP contribution in [0, 0.1) is 0 Å². The first-order valence-corrected chi connectivity index (χ1v) is 9.10. The van der Waals surface area contributed by atoms with Gasteiger partial charge in [0.05, 0.1) is 6.61 Å². The maximum Gasteiger partial charge on any atom is 0.303 e. The number of hydrogen-bond acceptors (Lipinski definition) is 12. The van der Waals surface area contributed by atoms with E-state index in [1.165, 1.54) is 0 Å². The summed E-state index contributed by atoms with van der Waals surface area (Å²) in [5.74, 6) is -5.66. The van der Waals surface area contributed by atoms with Gasteiger partial charge in [0.25, 0.3) is 5.79 Å². The Morgan fingerprint density at radius 2 is 1.40 bits per heavy atom. The molecule has 2 heterocycles. The maximum absolute atomic E-state index is 11.8. The summed E-state index contributed by atoms with van der Waals surface area (Å²) in [4.78, 5) is 58.1. The van der Waals surface area contributed by atoms with E-state index in [1.807, 2.05) is 0 Å². The predicted molar refractivity (Wildman–Crippen MR) is 92.4 cm³/mol. The van der Waals surface area contributed by atoms with E-state index in [9.17, 15) is 24.0 Å². The number of hydrogen-bond donors (Lipinski definition) is 0. The molecule has 0 spiro atoms. The highest BCUT2D eigenvalue weighted by Gasteiger charge is 2.69. The van der Waals surface area contributed by atoms with E-state index >= 15 is 0 Å². The Hall–Kier alpha value is -2.73. The maximum atomic E-state index is 11.8. The minimum absolute atomic E-state index is 0.175. The Kier molecular flexibility index (Phi) is 7.37. The summed E-state index contributed by atoms with van der Waals surface area (Å²) in [5.41, 5.74) is 0. The van der Waals surface area contributed by atoms with Crippen molar-refractivity contribution in [2.24, 2.45) is 0 Å². The van der Waals surface area contributed by atoms with Crippen LogP contribution in [-0.4, -0.2) is 79.4 Å². The van der Waals surface area contributed by atoms with Gasteiger partial charge >= 0.3 is 29.8 Å². The molecule has 30 heavy (non-hydrogen) atoms. The quantitative estimate of drug-likeness (QED) is 0.373. The van der Waals surface area contributed by atoms with Crippen LogP contribution in [0.3, 0.4) is 0 Å². The van der Waals surface area contributed by atoms with Gasteiger partial charge in [-0.2, -0.15) is 0 Å². The lowest BCUT2D eigenvalue weighted by Gasteiger charge is -2.47. The van der Waals surface area contributed by atoms with Crippen LogP contribution in [0.1, 0.15) is 34.6 Å². The Balaban J connectivity index is 2.52. The molecule has 6 atom stereocenters. The molecule has 2 rings (SSSR count). The number of esters is 5. The zero-order chi connectivity index (χ0) is 22.6. The molecular weight excluding hydrogens is 408 g/mol. The third kappa shape index (κ3) is 5.25. The van der Waals surface area contributed by atoms with E-state index in [1.54, 1.807) is 0 Å². The fourth-order valence-electron chi connectivity index (χ4n) is 3.40. The summed E-state index contributed by atoms with van der Waals surface area (Å²) >= 11 is 0. The van der Waals surface area contributed by atoms with Gasteiger partial charge in [-0.25, -0.2) is 0 Å². The topological polar surface area (TPSA) is 150 Å². The fraction of sp³-hybridized carbons (Fsp3) is 0.722. The monoisotopic (exact) mass is 432 g/mol. The summed E-state index contributed by atoms with van der Waals surface area (Å²) in [6.07, 6.45) is -6.35. The van der Waals surface area contributed by atoms with Crippen LogP contribution in [0.25, 0.3) is 0 Å². The summed E-state index contributed by atoms with van der Waals surface area (Å²) in [6, 6.07) is 0. The molecule has 2 bridgehead atoms. The van der Waals surface area contributed by atoms with Crippen LogP contribution in [0.2, 0.25) is 0 Å². The van der Waals surface area contributed by atoms with Gasteiger partial charge in [0, 0.05) is 34.6 Å². The molecule has 0 aromatic heterocycles. The van der Waals surface area contributed by atoms with Crippen molar-refractivity contribution in [2.45, 2.75) is 70.9 Å². The van der Waals surface area contributed by atoms with Crippen LogP contribution in [0.4, 0.5) is 0 Å². The van der Waals surface area contributed by atoms with E-state index < -0.39 is 72.8 Å². The summed E-state index contributed by atoms with van der Waals surface area (Å²) < 4.78 is 37.7. The first kappa shape index (κ1) is 23.5. The highest BCUT2D eigenvalue weighted by molar-refractivity contribution is 5.69. The van der Waals surface area contributed by atoms with Crippen molar-refractivity contribution in [1.29, 1.82) is 0 Å². The van der Waals surface area contributed by atoms with Gasteiger partial charge in [-0.15, -0.1) is 0 Å². The van der Waals surface area contributed by atoms with E-state index in [-0.39, 0.29) is 6.61 Å². The van der Waals surface area contributed by atoms with Gasteiger partial charge in [-0.1, -0.05) is 0 Å². The highest BCUT2D eigenvalue weighted by atomic mass is 16.8. The van der Waals surface area contributed by atoms with Crippen molar-refractivity contribution in [1.82, 2.24) is 0 Å². The number of fused-ring (bicyclic) bond motifs is 2. The zero-order valence-electron chi connectivity index (χ0n) is 17.2. The Labute approximate surface area is 172 Å². The molecule has 2 aliphatic heterocycles. The Morgan fingerprint density at radius 3 is 1.90 bits per heavy atom. The molecule has 2 saturated heterocycles. The second-order valence-electron chi connectivity index (χ2n) is 6.77. The van der Waals surface area contributed by atoms with Gasteiger partial charge in [0.1, 0.15) is 12.7 Å². The lowest BCUT2D eigenvalue weighted by molar-refractivity contribution is -0.334. The minimum Gasteiger partial charge on any atom is -0.462 e. The van der Waals surface area contributed by atoms with Gasteiger partial charge in [-0.3, -0.25) is 24.0 Å². The molecule has 0 saturated carbocycles. The van der Waals surface area contributed by atoms with Crippen LogP contribution < -0.4 is 0 Å². The number of carbonyl (C=O) groups is 5. The molecule has 2 aliphatic rings. The summed E-state index contributed by atoms with van der Waals surface area (Å²) in [7, 11) is 0. The van der Waals surface area contributed by atoms with Crippen LogP contribution in [0.15, 0.2) is 0 Å². The molecular formula is C18H24O12. The number of carbonyl (C=O) groups excluding carboxylic acids is 5. The largest absolute Gasteiger partial charge is 0.462 e. The average Bonchev–Trinajstić information content (AvgIpc) is 3.00. The third-order valence-electron chi connectivity index (χ3n) is 4.29. The number of rotatable bonds is 7. The highest BCUT2D eigenvalue weighted by Crippen LogP contribution is 2.44. The Bertz CT molecular complexity index is 718. The fourth-order valence-corrected chi connectivity index (χ4v) is 3.40. The molecule has 12 heteroatoms. The molecule has 2 fully saturated rings. The third-order valence-corrected chi connectivity index (χ3v) is 4.29. The van der Waals surface area contributed by atoms with Crippen molar-refractivity contribution >= 4 is 29.8 Å². The summed E-state index contributed by atoms with van der Waals surface area (Å²) in [5, 5.41) is 0. The molecule has 0 amide bonds. The SMILES string of the molecule is CC(=O)OCC(OC(C)=O)C12OCC(O1)C(OC(C)=O)C(OC(C)=O)C2OC(C)=O. The van der Waals surface area contributed by atoms with Crippen molar-refractivity contribution < 1.29 is 57.1 Å². The molecule has 12 nitrogen and oxygen atoms in total. The molecule has 168 valence electrons. The molecule has 0 aliphatic carbocycles. The predicted octanol–water partition coefficient (Wildman–Crippen LogP) is -0.598. The zero-order valence-corrected chi connectivity index (χ0v) is 17.2. The Morgan fingerprint density at radius 1 is 0.833 bits per heavy atom. The van der Waals surface area contributed by atoms with E-state index in [0.717, 1.165) is 34.6 Å². The van der Waals surface area contributed by atoms with Gasteiger partial charge in [0.15, 0.2) is 24.4 Å². The van der Waals surface area contributed by atoms with Gasteiger partial charge < -0.3 is 33.2 Å². The number of ether oxygens (including phenoxy) is 7. The van der Waals surface area contributed by atoms with Crippen LogP contribution >= 0.6 is 0 Å². The smallest absolute Gasteiger partial charge is 0.303 e. The van der Waals surface area contributed by atoms with Crippen molar-refractivity contribution in [3.8, 4) is 0 Å². The average molecular weight is 432 g/mol. The second-order valence-corrected chi connectivity index (χ2v) is 6.77.